The molecule has 1 aromatic rings. The molecular weight excluding hydrogens is 312 g/mol. The Labute approximate surface area is 142 Å². The van der Waals surface area contributed by atoms with Crippen molar-refractivity contribution in [3.63, 3.8) is 0 Å². The Bertz CT molecular complexity index is 498. The van der Waals surface area contributed by atoms with E-state index in [1.54, 1.807) is 13.8 Å². The molecule has 0 saturated carbocycles. The van der Waals surface area contributed by atoms with Gasteiger partial charge in [-0.05, 0) is 32.3 Å². The van der Waals surface area contributed by atoms with Gasteiger partial charge in [0.25, 0.3) is 0 Å². The number of thioether (sulfide) groups is 1. The fraction of sp³-hybridized carbons (Fsp3) is 0.556. The van der Waals surface area contributed by atoms with Crippen molar-refractivity contribution in [3.8, 4) is 0 Å². The van der Waals surface area contributed by atoms with Gasteiger partial charge in [-0.25, -0.2) is 4.79 Å². The average molecular weight is 338 g/mol. The highest BCUT2D eigenvalue weighted by Crippen LogP contribution is 2.22. The summed E-state index contributed by atoms with van der Waals surface area (Å²) >= 11 is 1.27. The summed E-state index contributed by atoms with van der Waals surface area (Å²) in [5.41, 5.74) is 1.96. The SMILES string of the molecule is CCCc1ccc(C(=O)SC(C)CC(C)OC(=O)OCC)cc1. The number of hydrogen-bond donors (Lipinski definition) is 0. The van der Waals surface area contributed by atoms with E-state index in [-0.39, 0.29) is 16.5 Å². The Morgan fingerprint density at radius 1 is 1.13 bits per heavy atom. The van der Waals surface area contributed by atoms with E-state index in [9.17, 15) is 9.59 Å². The van der Waals surface area contributed by atoms with Gasteiger partial charge in [-0.2, -0.15) is 0 Å². The lowest BCUT2D eigenvalue weighted by Gasteiger charge is -2.16. The van der Waals surface area contributed by atoms with Gasteiger partial charge in [0.1, 0.15) is 6.10 Å². The molecule has 0 radical (unpaired) electrons. The van der Waals surface area contributed by atoms with Crippen molar-refractivity contribution in [3.05, 3.63) is 35.4 Å². The van der Waals surface area contributed by atoms with Crippen molar-refractivity contribution in [2.45, 2.75) is 58.3 Å². The second-order valence-electron chi connectivity index (χ2n) is 5.51. The van der Waals surface area contributed by atoms with Crippen LogP contribution in [0.25, 0.3) is 0 Å². The second kappa shape index (κ2) is 10.3. The lowest BCUT2D eigenvalue weighted by molar-refractivity contribution is 0.0300. The molecule has 0 spiro atoms. The second-order valence-corrected chi connectivity index (χ2v) is 6.92. The topological polar surface area (TPSA) is 52.6 Å². The fourth-order valence-electron chi connectivity index (χ4n) is 2.23. The molecule has 1 aromatic carbocycles. The Balaban J connectivity index is 2.44. The van der Waals surface area contributed by atoms with E-state index >= 15 is 0 Å². The first-order valence-corrected chi connectivity index (χ1v) is 8.97. The number of benzene rings is 1. The number of carbonyl (C=O) groups excluding carboxylic acids is 2. The van der Waals surface area contributed by atoms with Crippen molar-refractivity contribution < 1.29 is 19.1 Å². The third-order valence-corrected chi connectivity index (χ3v) is 4.30. The van der Waals surface area contributed by atoms with E-state index in [0.717, 1.165) is 12.8 Å². The molecule has 0 aromatic heterocycles. The molecular formula is C18H26O4S. The van der Waals surface area contributed by atoms with E-state index in [1.807, 2.05) is 31.2 Å². The zero-order valence-corrected chi connectivity index (χ0v) is 15.2. The maximum Gasteiger partial charge on any atom is 0.508 e. The quantitative estimate of drug-likeness (QED) is 0.634. The maximum atomic E-state index is 12.3. The molecule has 0 aliphatic carbocycles. The summed E-state index contributed by atoms with van der Waals surface area (Å²) in [5.74, 6) is 0. The van der Waals surface area contributed by atoms with Crippen molar-refractivity contribution in [2.75, 3.05) is 6.61 Å². The maximum absolute atomic E-state index is 12.3. The van der Waals surface area contributed by atoms with Crippen LogP contribution < -0.4 is 0 Å². The first-order valence-electron chi connectivity index (χ1n) is 8.09. The van der Waals surface area contributed by atoms with Crippen LogP contribution in [0.3, 0.4) is 0 Å². The van der Waals surface area contributed by atoms with Gasteiger partial charge in [-0.3, -0.25) is 4.79 Å². The van der Waals surface area contributed by atoms with Crippen LogP contribution in [0.4, 0.5) is 4.79 Å². The summed E-state index contributed by atoms with van der Waals surface area (Å²) in [4.78, 5) is 23.5. The molecule has 2 unspecified atom stereocenters. The molecule has 0 fully saturated rings. The van der Waals surface area contributed by atoms with Crippen LogP contribution in [0.5, 0.6) is 0 Å². The van der Waals surface area contributed by atoms with Crippen LogP contribution in [0.2, 0.25) is 0 Å². The van der Waals surface area contributed by atoms with Crippen LogP contribution >= 0.6 is 11.8 Å². The summed E-state index contributed by atoms with van der Waals surface area (Å²) in [5, 5.41) is 0.103. The first kappa shape index (κ1) is 19.6. The third kappa shape index (κ3) is 7.55. The van der Waals surface area contributed by atoms with Gasteiger partial charge in [0.05, 0.1) is 6.61 Å². The highest BCUT2D eigenvalue weighted by Gasteiger charge is 2.18. The zero-order chi connectivity index (χ0) is 17.2. The minimum atomic E-state index is -0.657. The lowest BCUT2D eigenvalue weighted by Crippen LogP contribution is -2.20. The monoisotopic (exact) mass is 338 g/mol. The molecule has 4 nitrogen and oxygen atoms in total. The zero-order valence-electron chi connectivity index (χ0n) is 14.3. The molecule has 0 N–H and O–H groups in total. The van der Waals surface area contributed by atoms with Gasteiger partial charge < -0.3 is 9.47 Å². The average Bonchev–Trinajstić information content (AvgIpc) is 2.47. The van der Waals surface area contributed by atoms with E-state index in [1.165, 1.54) is 17.3 Å². The summed E-state index contributed by atoms with van der Waals surface area (Å²) in [6.07, 6.45) is 1.78. The number of ether oxygens (including phenoxy) is 2. The van der Waals surface area contributed by atoms with Crippen LogP contribution in [0.15, 0.2) is 24.3 Å². The largest absolute Gasteiger partial charge is 0.508 e. The van der Waals surface area contributed by atoms with Gasteiger partial charge in [0.15, 0.2) is 0 Å². The molecule has 2 atom stereocenters. The van der Waals surface area contributed by atoms with Crippen LogP contribution in [-0.2, 0) is 15.9 Å². The summed E-state index contributed by atoms with van der Waals surface area (Å²) in [6, 6.07) is 7.78. The smallest absolute Gasteiger partial charge is 0.435 e. The minimum Gasteiger partial charge on any atom is -0.435 e. The predicted molar refractivity (Wildman–Crippen MR) is 94.0 cm³/mol. The van der Waals surface area contributed by atoms with Gasteiger partial charge in [-0.15, -0.1) is 0 Å². The van der Waals surface area contributed by atoms with Crippen molar-refractivity contribution >= 4 is 23.0 Å². The molecule has 0 amide bonds. The molecule has 5 heteroatoms. The Morgan fingerprint density at radius 2 is 1.78 bits per heavy atom. The number of rotatable bonds is 8. The van der Waals surface area contributed by atoms with Crippen molar-refractivity contribution in [1.29, 1.82) is 0 Å². The minimum absolute atomic E-state index is 0.0453. The fourth-order valence-corrected chi connectivity index (χ4v) is 3.23. The number of hydrogen-bond acceptors (Lipinski definition) is 5. The van der Waals surface area contributed by atoms with E-state index in [4.69, 9.17) is 9.47 Å². The van der Waals surface area contributed by atoms with E-state index < -0.39 is 6.16 Å². The highest BCUT2D eigenvalue weighted by molar-refractivity contribution is 8.14. The molecule has 0 aliphatic heterocycles. The van der Waals surface area contributed by atoms with Crippen LogP contribution in [-0.4, -0.2) is 29.2 Å². The number of aryl methyl sites for hydroxylation is 1. The molecule has 0 saturated heterocycles. The Morgan fingerprint density at radius 3 is 2.35 bits per heavy atom. The molecule has 0 bridgehead atoms. The van der Waals surface area contributed by atoms with E-state index in [2.05, 4.69) is 6.92 Å². The Hall–Kier alpha value is -1.49. The molecule has 0 heterocycles. The Kier molecular flexibility index (Phi) is 8.77. The predicted octanol–water partition coefficient (Wildman–Crippen LogP) is 4.85. The van der Waals surface area contributed by atoms with Crippen molar-refractivity contribution in [2.24, 2.45) is 0 Å². The summed E-state index contributed by atoms with van der Waals surface area (Å²) in [7, 11) is 0. The normalized spacial score (nSPS) is 13.2. The van der Waals surface area contributed by atoms with Gasteiger partial charge in [0.2, 0.25) is 5.12 Å². The van der Waals surface area contributed by atoms with E-state index in [0.29, 0.717) is 18.6 Å². The van der Waals surface area contributed by atoms with Gasteiger partial charge >= 0.3 is 6.16 Å². The highest BCUT2D eigenvalue weighted by atomic mass is 32.2. The van der Waals surface area contributed by atoms with Gasteiger partial charge in [-0.1, -0.05) is 56.3 Å². The molecule has 0 aliphatic rings. The standard InChI is InChI=1S/C18H26O4S/c1-5-7-15-8-10-16(11-9-15)17(19)23-14(4)12-13(3)22-18(20)21-6-2/h8-11,13-14H,5-7,12H2,1-4H3. The molecule has 128 valence electrons. The summed E-state index contributed by atoms with van der Waals surface area (Å²) < 4.78 is 9.85. The van der Waals surface area contributed by atoms with Crippen molar-refractivity contribution in [1.82, 2.24) is 0 Å². The lowest BCUT2D eigenvalue weighted by atomic mass is 10.1. The first-order chi connectivity index (χ1) is 11.0. The van der Waals surface area contributed by atoms with Gasteiger partial charge in [0, 0.05) is 10.8 Å². The van der Waals surface area contributed by atoms with Crippen LogP contribution in [0.1, 0.15) is 56.5 Å². The number of carbonyl (C=O) groups is 2. The molecule has 23 heavy (non-hydrogen) atoms. The molecule has 1 rings (SSSR count). The summed E-state index contributed by atoms with van der Waals surface area (Å²) in [6.45, 7) is 7.92. The third-order valence-electron chi connectivity index (χ3n) is 3.26. The van der Waals surface area contributed by atoms with Crippen LogP contribution in [0, 0.1) is 0 Å².